The molecule has 12 unspecified atom stereocenters. The minimum Gasteiger partial charge on any atom is -0.394 e. The fourth-order valence-corrected chi connectivity index (χ4v) is 13.4. The highest BCUT2D eigenvalue weighted by Crippen LogP contribution is 2.30. The molecule has 2 aliphatic rings. The topological polar surface area (TPSA) is 228 Å². The molecule has 0 bridgehead atoms. The molecule has 0 aromatic carbocycles. The Morgan fingerprint density at radius 1 is 0.380 bits per heavy atom. The first-order chi connectivity index (χ1) is 45.1. The molecule has 9 N–H and O–H groups in total. The lowest BCUT2D eigenvalue weighted by Crippen LogP contribution is -2.65. The number of aliphatic hydroxyl groups is 8. The minimum absolute atomic E-state index is 0.230. The van der Waals surface area contributed by atoms with Crippen molar-refractivity contribution in [1.82, 2.24) is 5.32 Å². The van der Waals surface area contributed by atoms with Crippen LogP contribution < -0.4 is 5.32 Å². The van der Waals surface area contributed by atoms with Crippen LogP contribution in [0.3, 0.4) is 0 Å². The lowest BCUT2D eigenvalue weighted by molar-refractivity contribution is -0.359. The van der Waals surface area contributed by atoms with E-state index in [0.717, 1.165) is 38.5 Å². The van der Waals surface area contributed by atoms with E-state index in [0.29, 0.717) is 6.42 Å². The molecule has 544 valence electrons. The maximum absolute atomic E-state index is 13.4. The van der Waals surface area contributed by atoms with Gasteiger partial charge in [-0.25, -0.2) is 0 Å². The van der Waals surface area contributed by atoms with Crippen LogP contribution in [0.1, 0.15) is 373 Å². The van der Waals surface area contributed by atoms with E-state index in [-0.39, 0.29) is 18.9 Å². The van der Waals surface area contributed by atoms with E-state index < -0.39 is 86.8 Å². The number of carbonyl (C=O) groups excluding carboxylic acids is 1. The van der Waals surface area contributed by atoms with Gasteiger partial charge in [-0.2, -0.15) is 0 Å². The van der Waals surface area contributed by atoms with E-state index in [2.05, 4.69) is 31.3 Å². The normalized spacial score (nSPS) is 22.7. The first-order valence-electron chi connectivity index (χ1n) is 39.6. The number of hydrogen-bond acceptors (Lipinski definition) is 13. The Hall–Kier alpha value is -1.53. The van der Waals surface area contributed by atoms with Crippen LogP contribution in [0, 0.1) is 0 Å². The Balaban J connectivity index is 1.60. The molecule has 0 aromatic heterocycles. The fraction of sp³-hybridized carbons (Fsp3) is 0.936. The predicted octanol–water partition coefficient (Wildman–Crippen LogP) is 17.5. The number of ether oxygens (including phenoxy) is 4. The van der Waals surface area contributed by atoms with E-state index in [1.807, 2.05) is 6.08 Å². The van der Waals surface area contributed by atoms with Gasteiger partial charge in [0, 0.05) is 6.42 Å². The van der Waals surface area contributed by atoms with Crippen molar-refractivity contribution in [3.8, 4) is 0 Å². The first kappa shape index (κ1) is 86.6. The average Bonchev–Trinajstić information content (AvgIpc) is 0.830. The van der Waals surface area contributed by atoms with Crippen molar-refractivity contribution in [2.24, 2.45) is 0 Å². The molecule has 0 spiro atoms. The van der Waals surface area contributed by atoms with Crippen LogP contribution in [0.5, 0.6) is 0 Å². The molecule has 12 atom stereocenters. The van der Waals surface area contributed by atoms with E-state index >= 15 is 0 Å². The van der Waals surface area contributed by atoms with E-state index in [1.54, 1.807) is 6.08 Å². The Morgan fingerprint density at radius 3 is 1.03 bits per heavy atom. The maximum Gasteiger partial charge on any atom is 0.220 e. The highest BCUT2D eigenvalue weighted by Gasteiger charge is 2.51. The largest absolute Gasteiger partial charge is 0.394 e. The number of nitrogens with one attached hydrogen (secondary N) is 1. The summed E-state index contributed by atoms with van der Waals surface area (Å²) in [5.41, 5.74) is 0. The highest BCUT2D eigenvalue weighted by atomic mass is 16.7. The van der Waals surface area contributed by atoms with Gasteiger partial charge in [-0.3, -0.25) is 4.79 Å². The highest BCUT2D eigenvalue weighted by molar-refractivity contribution is 5.76. The molecule has 1 amide bonds. The second kappa shape index (κ2) is 63.0. The summed E-state index contributed by atoms with van der Waals surface area (Å²) in [5.74, 6) is -0.230. The van der Waals surface area contributed by atoms with Crippen molar-refractivity contribution in [2.45, 2.75) is 447 Å². The van der Waals surface area contributed by atoms with Crippen LogP contribution in [-0.2, 0) is 23.7 Å². The Morgan fingerprint density at radius 2 is 0.685 bits per heavy atom. The number of rotatable bonds is 67. The van der Waals surface area contributed by atoms with Gasteiger partial charge in [0.15, 0.2) is 12.6 Å². The molecule has 0 saturated carbocycles. The summed E-state index contributed by atoms with van der Waals surface area (Å²) in [7, 11) is 0. The summed E-state index contributed by atoms with van der Waals surface area (Å²) in [6.07, 6.45) is 64.0. The quantitative estimate of drug-likeness (QED) is 0.0204. The van der Waals surface area contributed by atoms with Crippen LogP contribution in [0.25, 0.3) is 0 Å². The van der Waals surface area contributed by atoms with Crippen LogP contribution in [0.15, 0.2) is 24.3 Å². The number of hydrogen-bond donors (Lipinski definition) is 9. The number of amides is 1. The van der Waals surface area contributed by atoms with E-state index in [1.165, 1.54) is 308 Å². The van der Waals surface area contributed by atoms with Crippen LogP contribution in [-0.4, -0.2) is 140 Å². The number of allylic oxidation sites excluding steroid dienone is 3. The van der Waals surface area contributed by atoms with Crippen molar-refractivity contribution in [1.29, 1.82) is 0 Å². The second-order valence-electron chi connectivity index (χ2n) is 28.2. The zero-order chi connectivity index (χ0) is 66.6. The van der Waals surface area contributed by atoms with Gasteiger partial charge in [0.1, 0.15) is 48.8 Å². The van der Waals surface area contributed by atoms with Gasteiger partial charge in [-0.1, -0.05) is 346 Å². The summed E-state index contributed by atoms with van der Waals surface area (Å²) in [6, 6.07) is -0.913. The Labute approximate surface area is 564 Å². The predicted molar refractivity (Wildman–Crippen MR) is 378 cm³/mol. The minimum atomic E-state index is -1.79. The van der Waals surface area contributed by atoms with Gasteiger partial charge in [0.2, 0.25) is 5.91 Å². The zero-order valence-corrected chi connectivity index (χ0v) is 59.6. The fourth-order valence-electron chi connectivity index (χ4n) is 13.4. The van der Waals surface area contributed by atoms with Gasteiger partial charge < -0.3 is 65.1 Å². The molecule has 2 rings (SSSR count). The molecule has 92 heavy (non-hydrogen) atoms. The zero-order valence-electron chi connectivity index (χ0n) is 59.6. The van der Waals surface area contributed by atoms with Gasteiger partial charge in [-0.15, -0.1) is 0 Å². The third kappa shape index (κ3) is 45.9. The maximum atomic E-state index is 13.4. The molecule has 14 heteroatoms. The SMILES string of the molecule is CCCCCCCCCC/C=C\CCCCCCCCCCCCCCCCCCCCCCCCCC(=O)NC(COC1OC(CO)C(OC2OC(CO)C(O)C(O)C2O)C(O)C1O)C(O)/C=C/CCCCCCCCCCCCCCCCCCCCCCC. The lowest BCUT2D eigenvalue weighted by atomic mass is 9.97. The Kier molecular flexibility index (Phi) is 59.2. The number of carbonyl (C=O) groups is 1. The lowest BCUT2D eigenvalue weighted by Gasteiger charge is -2.46. The molecule has 0 aromatic rings. The van der Waals surface area contributed by atoms with Gasteiger partial charge in [-0.05, 0) is 44.9 Å². The standard InChI is InChI=1S/C78H149NO13/c1-3-5-7-9-11-13-15-17-19-21-23-25-27-28-29-30-31-32-33-34-35-36-37-38-40-42-44-46-48-50-52-54-56-58-60-62-70(83)79-66(65-89-77-75(88)73(86)76(69(64-81)91-77)92-78-74(87)72(85)71(84)68(63-80)90-78)67(82)61-59-57-55-53-51-49-47-45-43-41-39-26-24-22-20-18-16-14-12-10-8-6-4-2/h21,23,59,61,66-69,71-78,80-82,84-88H,3-20,22,24-58,60,62-65H2,1-2H3,(H,79,83)/b23-21-,61-59+. The molecule has 14 nitrogen and oxygen atoms in total. The summed E-state index contributed by atoms with van der Waals surface area (Å²) in [5, 5.41) is 87.6. The monoisotopic (exact) mass is 1310 g/mol. The summed E-state index contributed by atoms with van der Waals surface area (Å²) >= 11 is 0. The smallest absolute Gasteiger partial charge is 0.220 e. The van der Waals surface area contributed by atoms with Crippen molar-refractivity contribution in [3.05, 3.63) is 24.3 Å². The molecule has 2 heterocycles. The van der Waals surface area contributed by atoms with E-state index in [4.69, 9.17) is 18.9 Å². The Bertz CT molecular complexity index is 1640. The summed E-state index contributed by atoms with van der Waals surface area (Å²) in [6.45, 7) is 2.87. The van der Waals surface area contributed by atoms with Crippen molar-refractivity contribution < 1.29 is 64.6 Å². The second-order valence-corrected chi connectivity index (χ2v) is 28.2. The number of unbranched alkanes of at least 4 members (excludes halogenated alkanes) is 52. The third-order valence-corrected chi connectivity index (χ3v) is 19.6. The number of aliphatic hydroxyl groups excluding tert-OH is 8. The molecule has 2 fully saturated rings. The van der Waals surface area contributed by atoms with Gasteiger partial charge >= 0.3 is 0 Å². The van der Waals surface area contributed by atoms with Gasteiger partial charge in [0.25, 0.3) is 0 Å². The molecule has 2 aliphatic heterocycles. The van der Waals surface area contributed by atoms with Crippen molar-refractivity contribution in [3.63, 3.8) is 0 Å². The first-order valence-corrected chi connectivity index (χ1v) is 39.6. The van der Waals surface area contributed by atoms with Crippen molar-refractivity contribution in [2.75, 3.05) is 19.8 Å². The molecular weight excluding hydrogens is 1160 g/mol. The van der Waals surface area contributed by atoms with Crippen LogP contribution >= 0.6 is 0 Å². The molecule has 2 saturated heterocycles. The summed E-state index contributed by atoms with van der Waals surface area (Å²) < 4.78 is 22.9. The average molecular weight is 1310 g/mol. The molecular formula is C78H149NO13. The van der Waals surface area contributed by atoms with Crippen molar-refractivity contribution >= 4 is 5.91 Å². The third-order valence-electron chi connectivity index (χ3n) is 19.6. The van der Waals surface area contributed by atoms with Crippen LogP contribution in [0.4, 0.5) is 0 Å². The van der Waals surface area contributed by atoms with Gasteiger partial charge in [0.05, 0.1) is 32.0 Å². The van der Waals surface area contributed by atoms with E-state index in [9.17, 15) is 45.6 Å². The summed E-state index contributed by atoms with van der Waals surface area (Å²) in [4.78, 5) is 13.4. The molecule has 0 aliphatic carbocycles. The molecule has 0 radical (unpaired) electrons. The van der Waals surface area contributed by atoms with Crippen LogP contribution in [0.2, 0.25) is 0 Å².